The predicted octanol–water partition coefficient (Wildman–Crippen LogP) is 4.78. The van der Waals surface area contributed by atoms with Crippen molar-refractivity contribution in [2.75, 3.05) is 28.6 Å². The van der Waals surface area contributed by atoms with E-state index in [2.05, 4.69) is 22.5 Å². The van der Waals surface area contributed by atoms with Gasteiger partial charge in [-0.1, -0.05) is 19.1 Å². The van der Waals surface area contributed by atoms with Crippen LogP contribution in [0.5, 0.6) is 0 Å². The summed E-state index contributed by atoms with van der Waals surface area (Å²) in [4.78, 5) is 14.4. The van der Waals surface area contributed by atoms with Crippen LogP contribution < -0.4 is 15.5 Å². The van der Waals surface area contributed by atoms with Crippen molar-refractivity contribution in [1.29, 1.82) is 0 Å². The first-order chi connectivity index (χ1) is 13.0. The number of rotatable bonds is 3. The molecule has 2 heterocycles. The molecule has 2 aromatic carbocycles. The molecule has 2 aromatic rings. The van der Waals surface area contributed by atoms with Crippen molar-refractivity contribution in [1.82, 2.24) is 0 Å². The first-order valence-corrected chi connectivity index (χ1v) is 9.45. The van der Waals surface area contributed by atoms with Crippen LogP contribution in [0.2, 0.25) is 0 Å². The molecule has 4 rings (SSSR count). The number of aryl methyl sites for hydroxylation is 1. The highest BCUT2D eigenvalue weighted by Crippen LogP contribution is 2.34. The zero-order chi connectivity index (χ0) is 19.0. The van der Waals surface area contributed by atoms with Gasteiger partial charge in [0.25, 0.3) is 5.91 Å². The summed E-state index contributed by atoms with van der Waals surface area (Å²) in [6, 6.07) is 11.0. The fourth-order valence-corrected chi connectivity index (χ4v) is 3.99. The number of carbonyl (C=O) groups is 1. The average molecular weight is 365 g/mol. The van der Waals surface area contributed by atoms with Gasteiger partial charge < -0.3 is 15.5 Å². The standard InChI is InChI=1S/C22H24FN3O/c1-14-5-4-10-26(13-14)20-9-8-16(11-18(20)23)24-12-17-21-15(2)6-3-7-19(21)25-22(17)27/h3,6-9,11-12,14,24H,4-5,10,13H2,1-2H3,(H,25,27)/b17-12+. The highest BCUT2D eigenvalue weighted by molar-refractivity contribution is 6.32. The van der Waals surface area contributed by atoms with E-state index in [0.29, 0.717) is 22.9 Å². The topological polar surface area (TPSA) is 44.4 Å². The van der Waals surface area contributed by atoms with Crippen LogP contribution in [0.15, 0.2) is 42.6 Å². The van der Waals surface area contributed by atoms with E-state index in [1.54, 1.807) is 6.20 Å². The second-order valence-corrected chi connectivity index (χ2v) is 7.51. The van der Waals surface area contributed by atoms with E-state index in [4.69, 9.17) is 0 Å². The van der Waals surface area contributed by atoms with Gasteiger partial charge in [-0.05, 0) is 55.5 Å². The van der Waals surface area contributed by atoms with Gasteiger partial charge in [0.15, 0.2) is 0 Å². The molecule has 27 heavy (non-hydrogen) atoms. The summed E-state index contributed by atoms with van der Waals surface area (Å²) in [5.74, 6) is 0.205. The van der Waals surface area contributed by atoms with Gasteiger partial charge in [-0.25, -0.2) is 4.39 Å². The van der Waals surface area contributed by atoms with Crippen LogP contribution in [0.1, 0.15) is 30.9 Å². The largest absolute Gasteiger partial charge is 0.369 e. The fraction of sp³-hybridized carbons (Fsp3) is 0.318. The number of amides is 1. The van der Waals surface area contributed by atoms with Crippen LogP contribution in [-0.4, -0.2) is 19.0 Å². The Morgan fingerprint density at radius 2 is 2.15 bits per heavy atom. The Balaban J connectivity index is 1.55. The summed E-state index contributed by atoms with van der Waals surface area (Å²) in [5.41, 5.74) is 4.59. The second kappa shape index (κ2) is 7.06. The van der Waals surface area contributed by atoms with Crippen LogP contribution in [0.25, 0.3) is 5.57 Å². The lowest BCUT2D eigenvalue weighted by atomic mass is 9.99. The van der Waals surface area contributed by atoms with Crippen molar-refractivity contribution in [2.45, 2.75) is 26.7 Å². The third-order valence-corrected chi connectivity index (χ3v) is 5.36. The van der Waals surface area contributed by atoms with E-state index < -0.39 is 0 Å². The number of nitrogens with one attached hydrogen (secondary N) is 2. The predicted molar refractivity (Wildman–Crippen MR) is 108 cm³/mol. The van der Waals surface area contributed by atoms with Gasteiger partial charge in [-0.2, -0.15) is 0 Å². The van der Waals surface area contributed by atoms with E-state index in [-0.39, 0.29) is 11.7 Å². The number of halogens is 1. The maximum absolute atomic E-state index is 14.7. The molecule has 2 N–H and O–H groups in total. The lowest BCUT2D eigenvalue weighted by molar-refractivity contribution is -0.110. The second-order valence-electron chi connectivity index (χ2n) is 7.51. The van der Waals surface area contributed by atoms with Crippen LogP contribution in [-0.2, 0) is 4.79 Å². The molecule has 5 heteroatoms. The minimum Gasteiger partial charge on any atom is -0.369 e. The SMILES string of the molecule is Cc1cccc2c1/C(=C\Nc1ccc(N3CCCC(C)C3)c(F)c1)C(=O)N2. The lowest BCUT2D eigenvalue weighted by Gasteiger charge is -2.33. The van der Waals surface area contributed by atoms with Crippen molar-refractivity contribution in [3.05, 3.63) is 59.5 Å². The molecule has 1 unspecified atom stereocenters. The Bertz CT molecular complexity index is 922. The molecule has 0 aliphatic carbocycles. The zero-order valence-electron chi connectivity index (χ0n) is 15.7. The zero-order valence-corrected chi connectivity index (χ0v) is 15.7. The Kier molecular flexibility index (Phi) is 4.60. The molecule has 1 fully saturated rings. The number of piperidine rings is 1. The molecule has 140 valence electrons. The molecule has 0 aromatic heterocycles. The highest BCUT2D eigenvalue weighted by Gasteiger charge is 2.25. The third-order valence-electron chi connectivity index (χ3n) is 5.36. The quantitative estimate of drug-likeness (QED) is 0.770. The van der Waals surface area contributed by atoms with Gasteiger partial charge in [-0.15, -0.1) is 0 Å². The van der Waals surface area contributed by atoms with E-state index in [9.17, 15) is 9.18 Å². The van der Waals surface area contributed by atoms with Crippen molar-refractivity contribution in [3.63, 3.8) is 0 Å². The number of hydrogen-bond acceptors (Lipinski definition) is 3. The summed E-state index contributed by atoms with van der Waals surface area (Å²) >= 11 is 0. The van der Waals surface area contributed by atoms with Gasteiger partial charge in [-0.3, -0.25) is 4.79 Å². The summed E-state index contributed by atoms with van der Waals surface area (Å²) < 4.78 is 14.7. The van der Waals surface area contributed by atoms with E-state index in [1.807, 2.05) is 37.3 Å². The molecule has 0 radical (unpaired) electrons. The van der Waals surface area contributed by atoms with Crippen molar-refractivity contribution >= 4 is 28.5 Å². The van der Waals surface area contributed by atoms with Gasteiger partial charge in [0.1, 0.15) is 5.82 Å². The molecule has 1 amide bonds. The van der Waals surface area contributed by atoms with Gasteiger partial charge in [0, 0.05) is 36.2 Å². The summed E-state index contributed by atoms with van der Waals surface area (Å²) in [6.45, 7) is 5.97. The lowest BCUT2D eigenvalue weighted by Crippen LogP contribution is -2.34. The minimum absolute atomic E-state index is 0.147. The molecule has 4 nitrogen and oxygen atoms in total. The fourth-order valence-electron chi connectivity index (χ4n) is 3.99. The molecule has 2 aliphatic rings. The number of anilines is 3. The third kappa shape index (κ3) is 3.42. The van der Waals surface area contributed by atoms with Crippen molar-refractivity contribution in [3.8, 4) is 0 Å². The monoisotopic (exact) mass is 365 g/mol. The molecule has 0 bridgehead atoms. The Hall–Kier alpha value is -2.82. The van der Waals surface area contributed by atoms with Crippen molar-refractivity contribution < 1.29 is 9.18 Å². The first-order valence-electron chi connectivity index (χ1n) is 9.45. The van der Waals surface area contributed by atoms with Crippen molar-refractivity contribution in [2.24, 2.45) is 5.92 Å². The van der Waals surface area contributed by atoms with E-state index in [0.717, 1.165) is 36.3 Å². The Morgan fingerprint density at radius 3 is 2.93 bits per heavy atom. The molecule has 0 spiro atoms. The highest BCUT2D eigenvalue weighted by atomic mass is 19.1. The normalized spacial score (nSPS) is 20.6. The number of carbonyl (C=O) groups excluding carboxylic acids is 1. The Morgan fingerprint density at radius 1 is 1.30 bits per heavy atom. The van der Waals surface area contributed by atoms with Gasteiger partial charge in [0.2, 0.25) is 0 Å². The van der Waals surface area contributed by atoms with Crippen LogP contribution in [0, 0.1) is 18.7 Å². The van der Waals surface area contributed by atoms with E-state index in [1.165, 1.54) is 12.5 Å². The maximum Gasteiger partial charge on any atom is 0.257 e. The molecule has 0 saturated carbocycles. The van der Waals surface area contributed by atoms with Crippen LogP contribution >= 0.6 is 0 Å². The molecular formula is C22H24FN3O. The minimum atomic E-state index is -0.236. The van der Waals surface area contributed by atoms with Crippen LogP contribution in [0.3, 0.4) is 0 Å². The average Bonchev–Trinajstić information content (AvgIpc) is 2.96. The summed E-state index contributed by atoms with van der Waals surface area (Å²) in [7, 11) is 0. The van der Waals surface area contributed by atoms with Gasteiger partial charge >= 0.3 is 0 Å². The smallest absolute Gasteiger partial charge is 0.257 e. The Labute approximate surface area is 159 Å². The number of benzene rings is 2. The number of hydrogen-bond donors (Lipinski definition) is 2. The molecule has 1 saturated heterocycles. The van der Waals surface area contributed by atoms with E-state index >= 15 is 0 Å². The molecular weight excluding hydrogens is 341 g/mol. The molecule has 1 atom stereocenters. The maximum atomic E-state index is 14.7. The van der Waals surface area contributed by atoms with Crippen LogP contribution in [0.4, 0.5) is 21.5 Å². The summed E-state index contributed by atoms with van der Waals surface area (Å²) in [6.07, 6.45) is 3.96. The summed E-state index contributed by atoms with van der Waals surface area (Å²) in [5, 5.41) is 5.95. The van der Waals surface area contributed by atoms with Gasteiger partial charge in [0.05, 0.1) is 11.3 Å². The number of fused-ring (bicyclic) bond motifs is 1. The first kappa shape index (κ1) is 17.6. The molecule has 2 aliphatic heterocycles. The number of nitrogens with zero attached hydrogens (tertiary/aromatic N) is 1.